The molecule has 0 saturated heterocycles. The maximum Gasteiger partial charge on any atom is 0.122 e. The summed E-state index contributed by atoms with van der Waals surface area (Å²) in [5, 5.41) is 12.9. The molecule has 106 valence electrons. The topological polar surface area (TPSA) is 66.7 Å². The molecular formula is C14H27NO3. The molecule has 0 aromatic carbocycles. The van der Waals surface area contributed by atoms with Gasteiger partial charge in [-0.3, -0.25) is 0 Å². The first-order chi connectivity index (χ1) is 8.22. The lowest BCUT2D eigenvalue weighted by molar-refractivity contribution is -0.110. The maximum atomic E-state index is 10.9. The molecule has 2 atom stereocenters. The van der Waals surface area contributed by atoms with E-state index in [9.17, 15) is 14.8 Å². The minimum absolute atomic E-state index is 0.0530. The average Bonchev–Trinajstić information content (AvgIpc) is 2.27. The minimum atomic E-state index is -0.685. The van der Waals surface area contributed by atoms with E-state index in [2.05, 4.69) is 5.18 Å². The van der Waals surface area contributed by atoms with Gasteiger partial charge in [0.05, 0.1) is 11.1 Å². The Labute approximate surface area is 110 Å². The summed E-state index contributed by atoms with van der Waals surface area (Å²) in [5.41, 5.74) is -1.25. The fourth-order valence-electron chi connectivity index (χ4n) is 1.99. The second kappa shape index (κ2) is 7.62. The van der Waals surface area contributed by atoms with Gasteiger partial charge < -0.3 is 9.90 Å². The molecule has 1 N–H and O–H groups in total. The molecule has 0 radical (unpaired) electrons. The van der Waals surface area contributed by atoms with Gasteiger partial charge in [0.25, 0.3) is 0 Å². The van der Waals surface area contributed by atoms with Gasteiger partial charge in [0.2, 0.25) is 0 Å². The van der Waals surface area contributed by atoms with Crippen molar-refractivity contribution in [3.8, 4) is 0 Å². The molecule has 4 nitrogen and oxygen atoms in total. The Balaban J connectivity index is 4.02. The van der Waals surface area contributed by atoms with Crippen LogP contribution in [0.2, 0.25) is 0 Å². The van der Waals surface area contributed by atoms with E-state index in [0.717, 1.165) is 25.5 Å². The number of nitroso groups, excluding NO2 is 1. The first-order valence-electron chi connectivity index (χ1n) is 6.75. The summed E-state index contributed by atoms with van der Waals surface area (Å²) in [6, 6.07) is 0. The van der Waals surface area contributed by atoms with Crippen LogP contribution in [-0.2, 0) is 4.79 Å². The maximum absolute atomic E-state index is 10.9. The normalized spacial score (nSPS) is 16.9. The summed E-state index contributed by atoms with van der Waals surface area (Å²) in [7, 11) is 0. The van der Waals surface area contributed by atoms with E-state index in [-0.39, 0.29) is 5.92 Å². The molecule has 0 fully saturated rings. The van der Waals surface area contributed by atoms with Crippen LogP contribution in [0.15, 0.2) is 5.18 Å². The molecule has 0 rings (SSSR count). The lowest BCUT2D eigenvalue weighted by Gasteiger charge is -2.24. The number of aliphatic hydroxyl groups is 1. The molecule has 0 aliphatic carbocycles. The van der Waals surface area contributed by atoms with E-state index in [0.29, 0.717) is 19.3 Å². The highest BCUT2D eigenvalue weighted by atomic mass is 16.3. The van der Waals surface area contributed by atoms with Crippen LogP contribution in [0, 0.1) is 10.8 Å². The number of nitrogens with zero attached hydrogens (tertiary/aromatic N) is 1. The Hall–Kier alpha value is -0.770. The van der Waals surface area contributed by atoms with Gasteiger partial charge in [-0.25, -0.2) is 0 Å². The molecule has 2 unspecified atom stereocenters. The summed E-state index contributed by atoms with van der Waals surface area (Å²) in [4.78, 5) is 21.4. The third-order valence-electron chi connectivity index (χ3n) is 3.33. The van der Waals surface area contributed by atoms with E-state index in [4.69, 9.17) is 0 Å². The van der Waals surface area contributed by atoms with Crippen LogP contribution >= 0.6 is 0 Å². The van der Waals surface area contributed by atoms with Crippen LogP contribution in [0.4, 0.5) is 0 Å². The van der Waals surface area contributed by atoms with Gasteiger partial charge in [-0.15, -0.1) is 0 Å². The molecule has 0 aromatic heterocycles. The van der Waals surface area contributed by atoms with Crippen molar-refractivity contribution in [1.29, 1.82) is 0 Å². The summed E-state index contributed by atoms with van der Waals surface area (Å²) in [6.07, 6.45) is 5.44. The van der Waals surface area contributed by atoms with Crippen LogP contribution in [0.3, 0.4) is 0 Å². The van der Waals surface area contributed by atoms with Crippen molar-refractivity contribution in [2.24, 2.45) is 11.1 Å². The molecule has 0 aromatic rings. The SMILES string of the molecule is CC(C=O)CCCC(C)(CCCC(C)(C)O)N=O. The van der Waals surface area contributed by atoms with Crippen molar-refractivity contribution in [2.75, 3.05) is 0 Å². The number of rotatable bonds is 10. The van der Waals surface area contributed by atoms with Gasteiger partial charge in [-0.05, 0) is 52.9 Å². The summed E-state index contributed by atoms with van der Waals surface area (Å²) in [5.74, 6) is 0.0530. The fraction of sp³-hybridized carbons (Fsp3) is 0.929. The highest BCUT2D eigenvalue weighted by Crippen LogP contribution is 2.27. The zero-order chi connectivity index (χ0) is 14.2. The van der Waals surface area contributed by atoms with Crippen LogP contribution in [-0.4, -0.2) is 22.5 Å². The first-order valence-corrected chi connectivity index (χ1v) is 6.75. The lowest BCUT2D eigenvalue weighted by Crippen LogP contribution is -2.24. The summed E-state index contributed by atoms with van der Waals surface area (Å²) >= 11 is 0. The van der Waals surface area contributed by atoms with Gasteiger partial charge in [0.15, 0.2) is 0 Å². The largest absolute Gasteiger partial charge is 0.390 e. The van der Waals surface area contributed by atoms with Gasteiger partial charge in [0, 0.05) is 5.92 Å². The number of carbonyl (C=O) groups excluding carboxylic acids is 1. The second-order valence-corrected chi connectivity index (χ2v) is 6.26. The number of hydrogen-bond donors (Lipinski definition) is 1. The van der Waals surface area contributed by atoms with Gasteiger partial charge in [-0.2, -0.15) is 4.91 Å². The van der Waals surface area contributed by atoms with Crippen molar-refractivity contribution >= 4 is 6.29 Å². The second-order valence-electron chi connectivity index (χ2n) is 6.26. The summed E-state index contributed by atoms with van der Waals surface area (Å²) < 4.78 is 0. The quantitative estimate of drug-likeness (QED) is 0.481. The predicted octanol–water partition coefficient (Wildman–Crippen LogP) is 3.46. The third kappa shape index (κ3) is 8.34. The van der Waals surface area contributed by atoms with Crippen LogP contribution < -0.4 is 0 Å². The first kappa shape index (κ1) is 17.2. The van der Waals surface area contributed by atoms with Crippen molar-refractivity contribution in [2.45, 2.75) is 77.4 Å². The third-order valence-corrected chi connectivity index (χ3v) is 3.33. The molecule has 0 heterocycles. The van der Waals surface area contributed by atoms with Gasteiger partial charge >= 0.3 is 0 Å². The van der Waals surface area contributed by atoms with E-state index >= 15 is 0 Å². The smallest absolute Gasteiger partial charge is 0.122 e. The fourth-order valence-corrected chi connectivity index (χ4v) is 1.99. The molecule has 0 saturated carbocycles. The van der Waals surface area contributed by atoms with E-state index in [1.54, 1.807) is 13.8 Å². The minimum Gasteiger partial charge on any atom is -0.390 e. The molecule has 0 aliphatic rings. The van der Waals surface area contributed by atoms with Crippen LogP contribution in [0.1, 0.15) is 66.2 Å². The van der Waals surface area contributed by atoms with Gasteiger partial charge in [-0.1, -0.05) is 18.5 Å². The molecule has 0 spiro atoms. The number of hydrogen-bond acceptors (Lipinski definition) is 4. The zero-order valence-electron chi connectivity index (χ0n) is 12.1. The van der Waals surface area contributed by atoms with Crippen molar-refractivity contribution in [1.82, 2.24) is 0 Å². The molecule has 0 amide bonds. The monoisotopic (exact) mass is 257 g/mol. The Morgan fingerprint density at radius 3 is 2.17 bits per heavy atom. The zero-order valence-corrected chi connectivity index (χ0v) is 12.1. The Morgan fingerprint density at radius 2 is 1.72 bits per heavy atom. The molecule has 0 aliphatic heterocycles. The Bertz CT molecular complexity index is 260. The average molecular weight is 257 g/mol. The highest BCUT2D eigenvalue weighted by Gasteiger charge is 2.26. The van der Waals surface area contributed by atoms with Crippen molar-refractivity contribution in [3.05, 3.63) is 4.91 Å². The number of aldehydes is 1. The predicted molar refractivity (Wildman–Crippen MR) is 73.4 cm³/mol. The van der Waals surface area contributed by atoms with Crippen LogP contribution in [0.25, 0.3) is 0 Å². The molecule has 4 heteroatoms. The van der Waals surface area contributed by atoms with E-state index in [1.807, 2.05) is 13.8 Å². The molecular weight excluding hydrogens is 230 g/mol. The summed E-state index contributed by atoms with van der Waals surface area (Å²) in [6.45, 7) is 7.28. The van der Waals surface area contributed by atoms with Crippen molar-refractivity contribution in [3.63, 3.8) is 0 Å². The Kier molecular flexibility index (Phi) is 7.29. The highest BCUT2D eigenvalue weighted by molar-refractivity contribution is 5.52. The van der Waals surface area contributed by atoms with Gasteiger partial charge in [0.1, 0.15) is 6.29 Å². The molecule has 0 bridgehead atoms. The van der Waals surface area contributed by atoms with Crippen LogP contribution in [0.5, 0.6) is 0 Å². The molecule has 18 heavy (non-hydrogen) atoms. The van der Waals surface area contributed by atoms with E-state index in [1.165, 1.54) is 0 Å². The number of carbonyl (C=O) groups is 1. The Morgan fingerprint density at radius 1 is 1.17 bits per heavy atom. The lowest BCUT2D eigenvalue weighted by atomic mass is 9.87. The van der Waals surface area contributed by atoms with E-state index < -0.39 is 11.1 Å². The van der Waals surface area contributed by atoms with Crippen molar-refractivity contribution < 1.29 is 9.90 Å². The standard InChI is InChI=1S/C14H27NO3/c1-12(11-16)7-5-9-14(4,15-18)10-6-8-13(2,3)17/h11-12,17H,5-10H2,1-4H3.